The largest absolute Gasteiger partial charge is 0.506 e. The molecule has 1 aromatic rings. The molecule has 0 saturated heterocycles. The van der Waals surface area contributed by atoms with Crippen LogP contribution in [0.25, 0.3) is 0 Å². The maximum atomic E-state index is 12.4. The van der Waals surface area contributed by atoms with Gasteiger partial charge in [-0.1, -0.05) is 15.9 Å². The van der Waals surface area contributed by atoms with Crippen LogP contribution in [0.4, 0.5) is 8.78 Å². The van der Waals surface area contributed by atoms with Crippen LogP contribution in [0, 0.1) is 0 Å². The van der Waals surface area contributed by atoms with Crippen molar-refractivity contribution in [3.63, 3.8) is 0 Å². The molecule has 0 aromatic carbocycles. The van der Waals surface area contributed by atoms with E-state index in [4.69, 9.17) is 5.11 Å². The van der Waals surface area contributed by atoms with Crippen molar-refractivity contribution < 1.29 is 23.8 Å². The van der Waals surface area contributed by atoms with Gasteiger partial charge in [0.05, 0.1) is 12.1 Å². The fraction of sp³-hybridized carbons (Fsp3) is 0.333. The number of halogens is 3. The Morgan fingerprint density at radius 3 is 2.62 bits per heavy atom. The zero-order valence-corrected chi connectivity index (χ0v) is 9.54. The number of nitrogens with zero attached hydrogens (tertiary/aromatic N) is 1. The molecule has 1 aromatic heterocycles. The smallest absolute Gasteiger partial charge is 0.307 e. The van der Waals surface area contributed by atoms with Crippen LogP contribution >= 0.6 is 15.9 Å². The number of aromatic hydroxyl groups is 1. The summed E-state index contributed by atoms with van der Waals surface area (Å²) in [5, 5.41) is 18.2. The van der Waals surface area contributed by atoms with Crippen molar-refractivity contribution in [3.8, 4) is 5.75 Å². The Kier molecular flexibility index (Phi) is 4.17. The third-order valence-electron chi connectivity index (χ3n) is 1.86. The normalized spacial score (nSPS) is 10.8. The Balaban J connectivity index is 3.24. The van der Waals surface area contributed by atoms with Crippen molar-refractivity contribution in [2.45, 2.75) is 18.2 Å². The van der Waals surface area contributed by atoms with Crippen LogP contribution < -0.4 is 0 Å². The molecule has 0 aliphatic rings. The van der Waals surface area contributed by atoms with E-state index in [0.29, 0.717) is 0 Å². The third kappa shape index (κ3) is 2.88. The highest BCUT2D eigenvalue weighted by molar-refractivity contribution is 9.08. The van der Waals surface area contributed by atoms with Crippen LogP contribution in [-0.2, 0) is 16.5 Å². The number of aromatic nitrogens is 1. The molecule has 0 atom stereocenters. The Labute approximate surface area is 98.1 Å². The molecule has 0 spiro atoms. The first kappa shape index (κ1) is 12.8. The molecular weight excluding hydrogens is 288 g/mol. The molecule has 1 rings (SSSR count). The molecule has 0 radical (unpaired) electrons. The molecule has 7 heteroatoms. The van der Waals surface area contributed by atoms with Crippen LogP contribution in [0.1, 0.15) is 23.4 Å². The average molecular weight is 296 g/mol. The van der Waals surface area contributed by atoms with Gasteiger partial charge < -0.3 is 10.2 Å². The third-order valence-corrected chi connectivity index (χ3v) is 2.39. The first-order chi connectivity index (χ1) is 7.45. The number of carbonyl (C=O) groups is 1. The van der Waals surface area contributed by atoms with Crippen molar-refractivity contribution >= 4 is 21.9 Å². The predicted octanol–water partition coefficient (Wildman–Crippen LogP) is 2.25. The number of alkyl halides is 3. The highest BCUT2D eigenvalue weighted by atomic mass is 79.9. The van der Waals surface area contributed by atoms with Crippen molar-refractivity contribution in [1.82, 2.24) is 4.98 Å². The molecular formula is C9H8BrF2NO3. The lowest BCUT2D eigenvalue weighted by molar-refractivity contribution is -0.136. The number of rotatable bonds is 4. The first-order valence-corrected chi connectivity index (χ1v) is 5.35. The average Bonchev–Trinajstić information content (AvgIpc) is 2.20. The standard InChI is InChI=1S/C9H8BrF2NO3/c10-3-6-8(16)4(2-7(14)15)1-5(13-6)9(11)12/h1,9,16H,2-3H2,(H,14,15). The highest BCUT2D eigenvalue weighted by Gasteiger charge is 2.17. The summed E-state index contributed by atoms with van der Waals surface area (Å²) in [6.45, 7) is 0. The van der Waals surface area contributed by atoms with E-state index in [2.05, 4.69) is 20.9 Å². The number of carboxylic acids is 1. The van der Waals surface area contributed by atoms with Gasteiger partial charge in [0.1, 0.15) is 11.4 Å². The maximum absolute atomic E-state index is 12.4. The summed E-state index contributed by atoms with van der Waals surface area (Å²) in [6, 6.07) is 0.903. The number of hydrogen-bond acceptors (Lipinski definition) is 3. The number of carboxylic acid groups (broad SMARTS) is 1. The van der Waals surface area contributed by atoms with Crippen LogP contribution in [0.3, 0.4) is 0 Å². The molecule has 0 amide bonds. The summed E-state index contributed by atoms with van der Waals surface area (Å²) < 4.78 is 24.9. The van der Waals surface area contributed by atoms with E-state index in [0.717, 1.165) is 6.07 Å². The summed E-state index contributed by atoms with van der Waals surface area (Å²) in [5.74, 6) is -1.56. The number of pyridine rings is 1. The fourth-order valence-electron chi connectivity index (χ4n) is 1.18. The van der Waals surface area contributed by atoms with Gasteiger partial charge in [-0.05, 0) is 6.07 Å². The SMILES string of the molecule is O=C(O)Cc1cc(C(F)F)nc(CBr)c1O. The lowest BCUT2D eigenvalue weighted by Crippen LogP contribution is -2.05. The molecule has 0 unspecified atom stereocenters. The van der Waals surface area contributed by atoms with Crippen LogP contribution in [-0.4, -0.2) is 21.2 Å². The van der Waals surface area contributed by atoms with Gasteiger partial charge in [-0.15, -0.1) is 0 Å². The van der Waals surface area contributed by atoms with E-state index in [1.54, 1.807) is 0 Å². The van der Waals surface area contributed by atoms with Crippen LogP contribution in [0.2, 0.25) is 0 Å². The van der Waals surface area contributed by atoms with Gasteiger partial charge in [0.25, 0.3) is 6.43 Å². The maximum Gasteiger partial charge on any atom is 0.307 e. The molecule has 1 heterocycles. The van der Waals surface area contributed by atoms with Crippen molar-refractivity contribution in [2.24, 2.45) is 0 Å². The minimum atomic E-state index is -2.80. The summed E-state index contributed by atoms with van der Waals surface area (Å²) >= 11 is 2.98. The molecule has 0 fully saturated rings. The van der Waals surface area contributed by atoms with E-state index in [1.807, 2.05) is 0 Å². The fourth-order valence-corrected chi connectivity index (χ4v) is 1.57. The van der Waals surface area contributed by atoms with Gasteiger partial charge >= 0.3 is 5.97 Å². The Hall–Kier alpha value is -1.24. The second kappa shape index (κ2) is 5.20. The van der Waals surface area contributed by atoms with E-state index in [9.17, 15) is 18.7 Å². The van der Waals surface area contributed by atoms with E-state index in [1.165, 1.54) is 0 Å². The number of hydrogen-bond donors (Lipinski definition) is 2. The van der Waals surface area contributed by atoms with E-state index in [-0.39, 0.29) is 22.3 Å². The minimum absolute atomic E-state index is 0.00838. The van der Waals surface area contributed by atoms with E-state index < -0.39 is 24.5 Å². The van der Waals surface area contributed by atoms with Crippen molar-refractivity contribution in [2.75, 3.05) is 0 Å². The van der Waals surface area contributed by atoms with Crippen LogP contribution in [0.15, 0.2) is 6.07 Å². The lowest BCUT2D eigenvalue weighted by atomic mass is 10.1. The quantitative estimate of drug-likeness (QED) is 0.836. The Morgan fingerprint density at radius 1 is 1.56 bits per heavy atom. The van der Waals surface area contributed by atoms with Crippen LogP contribution in [0.5, 0.6) is 5.75 Å². The predicted molar refractivity (Wildman–Crippen MR) is 54.8 cm³/mol. The lowest BCUT2D eigenvalue weighted by Gasteiger charge is -2.09. The highest BCUT2D eigenvalue weighted by Crippen LogP contribution is 2.28. The zero-order valence-electron chi connectivity index (χ0n) is 7.95. The molecule has 0 bridgehead atoms. The first-order valence-electron chi connectivity index (χ1n) is 4.23. The van der Waals surface area contributed by atoms with Gasteiger partial charge in [-0.25, -0.2) is 13.8 Å². The summed E-state index contributed by atoms with van der Waals surface area (Å²) in [5.41, 5.74) is -0.593. The molecule has 4 nitrogen and oxygen atoms in total. The number of aliphatic carboxylic acids is 1. The second-order valence-corrected chi connectivity index (χ2v) is 3.57. The second-order valence-electron chi connectivity index (χ2n) is 3.01. The van der Waals surface area contributed by atoms with Crippen molar-refractivity contribution in [3.05, 3.63) is 23.0 Å². The van der Waals surface area contributed by atoms with Gasteiger partial charge in [0, 0.05) is 10.9 Å². The zero-order chi connectivity index (χ0) is 12.3. The summed E-state index contributed by atoms with van der Waals surface area (Å²) in [4.78, 5) is 14.0. The topological polar surface area (TPSA) is 70.4 Å². The molecule has 2 N–H and O–H groups in total. The Morgan fingerprint density at radius 2 is 2.19 bits per heavy atom. The molecule has 0 aliphatic heterocycles. The minimum Gasteiger partial charge on any atom is -0.506 e. The monoisotopic (exact) mass is 295 g/mol. The van der Waals surface area contributed by atoms with Crippen molar-refractivity contribution in [1.29, 1.82) is 0 Å². The summed E-state index contributed by atoms with van der Waals surface area (Å²) in [7, 11) is 0. The van der Waals surface area contributed by atoms with Gasteiger partial charge in [0.15, 0.2) is 0 Å². The van der Waals surface area contributed by atoms with Gasteiger partial charge in [-0.2, -0.15) is 0 Å². The molecule has 0 aliphatic carbocycles. The van der Waals surface area contributed by atoms with E-state index >= 15 is 0 Å². The molecule has 88 valence electrons. The molecule has 16 heavy (non-hydrogen) atoms. The van der Waals surface area contributed by atoms with Gasteiger partial charge in [-0.3, -0.25) is 4.79 Å². The summed E-state index contributed by atoms with van der Waals surface area (Å²) in [6.07, 6.45) is -3.32. The Bertz CT molecular complexity index is 412. The molecule has 0 saturated carbocycles. The van der Waals surface area contributed by atoms with Gasteiger partial charge in [0.2, 0.25) is 0 Å².